The lowest BCUT2D eigenvalue weighted by Gasteiger charge is -2.07. The predicted molar refractivity (Wildman–Crippen MR) is 80.1 cm³/mol. The van der Waals surface area contributed by atoms with Crippen LogP contribution in [0.15, 0.2) is 47.3 Å². The number of carbonyl (C=O) groups is 3. The Morgan fingerprint density at radius 2 is 1.65 bits per heavy atom. The summed E-state index contributed by atoms with van der Waals surface area (Å²) in [7, 11) is 0. The summed E-state index contributed by atoms with van der Waals surface area (Å²) in [6, 6.07) is 6.62. The van der Waals surface area contributed by atoms with Crippen LogP contribution >= 0.6 is 0 Å². The van der Waals surface area contributed by atoms with Gasteiger partial charge in [-0.1, -0.05) is 0 Å². The third kappa shape index (κ3) is 5.62. The fourth-order valence-corrected chi connectivity index (χ4v) is 1.66. The molecule has 0 aromatic carbocycles. The van der Waals surface area contributed by atoms with Gasteiger partial charge in [-0.05, 0) is 29.8 Å². The first-order valence-electron chi connectivity index (χ1n) is 6.89. The molecular formula is C15H16N4O4. The van der Waals surface area contributed by atoms with E-state index in [1.807, 2.05) is 0 Å². The summed E-state index contributed by atoms with van der Waals surface area (Å²) >= 11 is 0. The molecule has 0 saturated carbocycles. The minimum atomic E-state index is -0.493. The van der Waals surface area contributed by atoms with Crippen molar-refractivity contribution in [1.82, 2.24) is 20.9 Å². The second-order valence-corrected chi connectivity index (χ2v) is 4.57. The maximum atomic E-state index is 11.6. The quantitative estimate of drug-likeness (QED) is 0.657. The Morgan fingerprint density at radius 3 is 2.35 bits per heavy atom. The normalized spacial score (nSPS) is 9.91. The Balaban J connectivity index is 1.62. The highest BCUT2D eigenvalue weighted by atomic mass is 16.3. The number of amides is 3. The van der Waals surface area contributed by atoms with E-state index < -0.39 is 11.8 Å². The van der Waals surface area contributed by atoms with Gasteiger partial charge in [0.25, 0.3) is 5.91 Å². The second kappa shape index (κ2) is 8.32. The van der Waals surface area contributed by atoms with Gasteiger partial charge in [0.15, 0.2) is 5.76 Å². The number of carbonyl (C=O) groups excluding carboxylic acids is 3. The summed E-state index contributed by atoms with van der Waals surface area (Å²) in [5, 5.41) is 7.45. The molecule has 0 saturated heterocycles. The van der Waals surface area contributed by atoms with E-state index in [2.05, 4.69) is 20.9 Å². The Labute approximate surface area is 132 Å². The largest absolute Gasteiger partial charge is 0.459 e. The maximum Gasteiger partial charge on any atom is 0.287 e. The minimum Gasteiger partial charge on any atom is -0.459 e. The lowest BCUT2D eigenvalue weighted by molar-refractivity contribution is -0.125. The van der Waals surface area contributed by atoms with Crippen LogP contribution in [0.2, 0.25) is 0 Å². The maximum absolute atomic E-state index is 11.6. The Morgan fingerprint density at radius 1 is 0.957 bits per heavy atom. The monoisotopic (exact) mass is 316 g/mol. The first-order valence-corrected chi connectivity index (χ1v) is 6.89. The van der Waals surface area contributed by atoms with Gasteiger partial charge in [-0.25, -0.2) is 0 Å². The fourth-order valence-electron chi connectivity index (χ4n) is 1.66. The van der Waals surface area contributed by atoms with E-state index >= 15 is 0 Å². The number of hydrogen-bond acceptors (Lipinski definition) is 5. The molecule has 8 nitrogen and oxygen atoms in total. The zero-order valence-corrected chi connectivity index (χ0v) is 12.2. The van der Waals surface area contributed by atoms with Gasteiger partial charge in [-0.3, -0.25) is 19.4 Å². The highest BCUT2D eigenvalue weighted by Gasteiger charge is 2.10. The fraction of sp³-hybridized carbons (Fsp3) is 0.200. The lowest BCUT2D eigenvalue weighted by Crippen LogP contribution is -2.41. The van der Waals surface area contributed by atoms with Crippen LogP contribution < -0.4 is 16.0 Å². The average molecular weight is 316 g/mol. The van der Waals surface area contributed by atoms with Crippen molar-refractivity contribution in [3.63, 3.8) is 0 Å². The van der Waals surface area contributed by atoms with E-state index in [4.69, 9.17) is 4.42 Å². The second-order valence-electron chi connectivity index (χ2n) is 4.57. The van der Waals surface area contributed by atoms with E-state index in [9.17, 15) is 14.4 Å². The third-order valence-corrected chi connectivity index (χ3v) is 2.84. The van der Waals surface area contributed by atoms with Gasteiger partial charge in [0, 0.05) is 18.9 Å². The number of aromatic nitrogens is 1. The number of nitrogens with zero attached hydrogens (tertiary/aromatic N) is 1. The van der Waals surface area contributed by atoms with Gasteiger partial charge in [0.1, 0.15) is 0 Å². The predicted octanol–water partition coefficient (Wildman–Crippen LogP) is -0.163. The van der Waals surface area contributed by atoms with Crippen molar-refractivity contribution in [1.29, 1.82) is 0 Å². The first kappa shape index (κ1) is 16.2. The molecule has 120 valence electrons. The summed E-state index contributed by atoms with van der Waals surface area (Å²) in [5.41, 5.74) is 0.908. The number of hydrogen-bond donors (Lipinski definition) is 3. The van der Waals surface area contributed by atoms with Crippen molar-refractivity contribution in [2.45, 2.75) is 6.54 Å². The van der Waals surface area contributed by atoms with Crippen molar-refractivity contribution >= 4 is 17.7 Å². The van der Waals surface area contributed by atoms with Crippen LogP contribution in [0.4, 0.5) is 0 Å². The molecule has 2 rings (SSSR count). The molecule has 2 aromatic rings. The molecule has 0 aliphatic heterocycles. The van der Waals surface area contributed by atoms with E-state index in [0.29, 0.717) is 6.54 Å². The highest BCUT2D eigenvalue weighted by Crippen LogP contribution is 1.98. The molecule has 3 N–H and O–H groups in total. The molecule has 0 unspecified atom stereocenters. The molecular weight excluding hydrogens is 300 g/mol. The minimum absolute atomic E-state index is 0.118. The molecule has 0 atom stereocenters. The van der Waals surface area contributed by atoms with Crippen LogP contribution in [0.25, 0.3) is 0 Å². The summed E-state index contributed by atoms with van der Waals surface area (Å²) in [5.74, 6) is -1.17. The van der Waals surface area contributed by atoms with Gasteiger partial charge >= 0.3 is 0 Å². The third-order valence-electron chi connectivity index (χ3n) is 2.84. The van der Waals surface area contributed by atoms with E-state index in [1.165, 1.54) is 12.3 Å². The standard InChI is InChI=1S/C15H16N4O4/c20-13(17-8-11-3-5-16-6-4-11)9-18-14(21)10-19-15(22)12-2-1-7-23-12/h1-7H,8-10H2,(H,17,20)(H,18,21)(H,19,22). The summed E-state index contributed by atoms with van der Waals surface area (Å²) in [6.45, 7) is -0.0514. The number of rotatable bonds is 7. The molecule has 0 bridgehead atoms. The average Bonchev–Trinajstić information content (AvgIpc) is 3.11. The Hall–Kier alpha value is -3.16. The van der Waals surface area contributed by atoms with Gasteiger partial charge in [0.2, 0.25) is 11.8 Å². The van der Waals surface area contributed by atoms with E-state index in [0.717, 1.165) is 5.56 Å². The molecule has 8 heteroatoms. The molecule has 0 aliphatic rings. The molecule has 0 radical (unpaired) electrons. The smallest absolute Gasteiger partial charge is 0.287 e. The molecule has 2 aromatic heterocycles. The molecule has 0 aliphatic carbocycles. The molecule has 0 spiro atoms. The van der Waals surface area contributed by atoms with E-state index in [-0.39, 0.29) is 24.8 Å². The van der Waals surface area contributed by atoms with Gasteiger partial charge < -0.3 is 20.4 Å². The Bertz CT molecular complexity index is 655. The zero-order valence-electron chi connectivity index (χ0n) is 12.2. The lowest BCUT2D eigenvalue weighted by atomic mass is 10.3. The Kier molecular flexibility index (Phi) is 5.87. The van der Waals surface area contributed by atoms with Crippen molar-refractivity contribution in [3.8, 4) is 0 Å². The van der Waals surface area contributed by atoms with Gasteiger partial charge in [-0.15, -0.1) is 0 Å². The number of furan rings is 1. The zero-order chi connectivity index (χ0) is 16.5. The topological polar surface area (TPSA) is 113 Å². The number of nitrogens with one attached hydrogen (secondary N) is 3. The van der Waals surface area contributed by atoms with Crippen LogP contribution in [0.3, 0.4) is 0 Å². The van der Waals surface area contributed by atoms with Crippen molar-refractivity contribution in [2.75, 3.05) is 13.1 Å². The van der Waals surface area contributed by atoms with Crippen molar-refractivity contribution in [2.24, 2.45) is 0 Å². The molecule has 2 heterocycles. The van der Waals surface area contributed by atoms with E-state index in [1.54, 1.807) is 30.6 Å². The van der Waals surface area contributed by atoms with Crippen molar-refractivity contribution in [3.05, 3.63) is 54.2 Å². The first-order chi connectivity index (χ1) is 11.1. The van der Waals surface area contributed by atoms with Gasteiger partial charge in [0.05, 0.1) is 19.4 Å². The van der Waals surface area contributed by atoms with Crippen LogP contribution in [-0.2, 0) is 16.1 Å². The highest BCUT2D eigenvalue weighted by molar-refractivity contribution is 5.94. The number of pyridine rings is 1. The van der Waals surface area contributed by atoms with Crippen LogP contribution in [0, 0.1) is 0 Å². The van der Waals surface area contributed by atoms with Crippen LogP contribution in [0.5, 0.6) is 0 Å². The van der Waals surface area contributed by atoms with Crippen molar-refractivity contribution < 1.29 is 18.8 Å². The molecule has 0 fully saturated rings. The SMILES string of the molecule is O=C(CNC(=O)CNC(=O)c1ccco1)NCc1ccncc1. The molecule has 23 heavy (non-hydrogen) atoms. The molecule has 3 amide bonds. The summed E-state index contributed by atoms with van der Waals surface area (Å²) < 4.78 is 4.89. The van der Waals surface area contributed by atoms with Crippen LogP contribution in [0.1, 0.15) is 16.1 Å². The van der Waals surface area contributed by atoms with Crippen LogP contribution in [-0.4, -0.2) is 35.8 Å². The summed E-state index contributed by atoms with van der Waals surface area (Å²) in [6.07, 6.45) is 4.62. The summed E-state index contributed by atoms with van der Waals surface area (Å²) in [4.78, 5) is 38.6. The van der Waals surface area contributed by atoms with Gasteiger partial charge in [-0.2, -0.15) is 0 Å².